The summed E-state index contributed by atoms with van der Waals surface area (Å²) < 4.78 is 4.71. The number of carbonyl (C=O) groups is 1. The van der Waals surface area contributed by atoms with Crippen LogP contribution in [0.15, 0.2) is 9.95 Å². The number of aromatic amines is 1. The van der Waals surface area contributed by atoms with E-state index in [-0.39, 0.29) is 22.4 Å². The van der Waals surface area contributed by atoms with Gasteiger partial charge in [0.15, 0.2) is 5.16 Å². The minimum atomic E-state index is -0.418. The van der Waals surface area contributed by atoms with Crippen molar-refractivity contribution < 1.29 is 14.6 Å². The number of aromatic hydroxyl groups is 1. The van der Waals surface area contributed by atoms with Gasteiger partial charge < -0.3 is 14.8 Å². The van der Waals surface area contributed by atoms with Crippen molar-refractivity contribution in [2.24, 2.45) is 0 Å². The van der Waals surface area contributed by atoms with Crippen LogP contribution in [0.1, 0.15) is 12.5 Å². The summed E-state index contributed by atoms with van der Waals surface area (Å²) >= 11 is 1.00. The number of esters is 1. The maximum atomic E-state index is 11.2. The predicted molar refractivity (Wildman–Crippen MR) is 58.6 cm³/mol. The van der Waals surface area contributed by atoms with Gasteiger partial charge in [-0.05, 0) is 13.8 Å². The van der Waals surface area contributed by atoms with Crippen LogP contribution in [0.25, 0.3) is 0 Å². The molecule has 1 rings (SSSR count). The van der Waals surface area contributed by atoms with E-state index >= 15 is 0 Å². The van der Waals surface area contributed by atoms with E-state index < -0.39 is 11.5 Å². The fourth-order valence-corrected chi connectivity index (χ4v) is 1.55. The third kappa shape index (κ3) is 3.27. The minimum absolute atomic E-state index is 0.0410. The molecule has 0 fully saturated rings. The second-order valence-electron chi connectivity index (χ2n) is 2.91. The van der Waals surface area contributed by atoms with Gasteiger partial charge in [-0.1, -0.05) is 11.8 Å². The van der Waals surface area contributed by atoms with Crippen molar-refractivity contribution in [3.8, 4) is 5.88 Å². The second kappa shape index (κ2) is 5.55. The first-order valence-corrected chi connectivity index (χ1v) is 5.61. The molecule has 1 aromatic heterocycles. The lowest BCUT2D eigenvalue weighted by molar-refractivity contribution is -0.139. The van der Waals surface area contributed by atoms with Gasteiger partial charge in [0.1, 0.15) is 0 Å². The molecule has 1 heterocycles. The van der Waals surface area contributed by atoms with E-state index in [0.717, 1.165) is 11.8 Å². The molecule has 88 valence electrons. The summed E-state index contributed by atoms with van der Waals surface area (Å²) in [4.78, 5) is 28.4. The molecule has 0 aliphatic carbocycles. The monoisotopic (exact) mass is 244 g/mol. The Morgan fingerprint density at radius 1 is 1.62 bits per heavy atom. The molecule has 0 bridgehead atoms. The van der Waals surface area contributed by atoms with Crippen molar-refractivity contribution in [3.05, 3.63) is 15.9 Å². The summed E-state index contributed by atoms with van der Waals surface area (Å²) in [5.74, 6) is -0.676. The SMILES string of the molecule is CCOC(=O)CSc1nc(O)c(C)c(=O)[nH]1. The van der Waals surface area contributed by atoms with Crippen molar-refractivity contribution >= 4 is 17.7 Å². The molecule has 0 aliphatic rings. The topological polar surface area (TPSA) is 92.3 Å². The van der Waals surface area contributed by atoms with Crippen LogP contribution >= 0.6 is 11.8 Å². The lowest BCUT2D eigenvalue weighted by Gasteiger charge is -2.02. The molecule has 16 heavy (non-hydrogen) atoms. The van der Waals surface area contributed by atoms with Crippen LogP contribution in [0.2, 0.25) is 0 Å². The zero-order valence-electron chi connectivity index (χ0n) is 8.94. The predicted octanol–water partition coefficient (Wildman–Crippen LogP) is 0.439. The van der Waals surface area contributed by atoms with E-state index in [4.69, 9.17) is 4.74 Å². The minimum Gasteiger partial charge on any atom is -0.493 e. The molecular formula is C9H12N2O4S. The number of ether oxygens (including phenoxy) is 1. The van der Waals surface area contributed by atoms with Crippen LogP contribution < -0.4 is 5.56 Å². The average molecular weight is 244 g/mol. The summed E-state index contributed by atoms with van der Waals surface area (Å²) in [5, 5.41) is 9.48. The summed E-state index contributed by atoms with van der Waals surface area (Å²) in [6.07, 6.45) is 0. The molecule has 0 aliphatic heterocycles. The Morgan fingerprint density at radius 2 is 2.31 bits per heavy atom. The van der Waals surface area contributed by atoms with Crippen molar-refractivity contribution in [3.63, 3.8) is 0 Å². The number of aromatic nitrogens is 2. The summed E-state index contributed by atoms with van der Waals surface area (Å²) in [7, 11) is 0. The average Bonchev–Trinajstić information content (AvgIpc) is 2.23. The first-order valence-electron chi connectivity index (χ1n) is 4.63. The molecule has 0 radical (unpaired) electrons. The standard InChI is InChI=1S/C9H12N2O4S/c1-3-15-6(12)4-16-9-10-7(13)5(2)8(14)11-9/h3-4H2,1-2H3,(H2,10,11,13,14). The quantitative estimate of drug-likeness (QED) is 0.453. The van der Waals surface area contributed by atoms with E-state index in [2.05, 4.69) is 9.97 Å². The van der Waals surface area contributed by atoms with Crippen LogP contribution in [-0.4, -0.2) is 33.4 Å². The van der Waals surface area contributed by atoms with Crippen LogP contribution in [0.3, 0.4) is 0 Å². The van der Waals surface area contributed by atoms with Gasteiger partial charge in [0, 0.05) is 0 Å². The molecule has 6 nitrogen and oxygen atoms in total. The fourth-order valence-electron chi connectivity index (χ4n) is 0.899. The van der Waals surface area contributed by atoms with Gasteiger partial charge in [0.25, 0.3) is 5.56 Å². The van der Waals surface area contributed by atoms with Crippen molar-refractivity contribution in [1.82, 2.24) is 9.97 Å². The first-order chi connectivity index (χ1) is 7.54. The van der Waals surface area contributed by atoms with E-state index in [1.165, 1.54) is 6.92 Å². The summed E-state index contributed by atoms with van der Waals surface area (Å²) in [5.41, 5.74) is -0.264. The van der Waals surface area contributed by atoms with Gasteiger partial charge in [-0.3, -0.25) is 9.59 Å². The smallest absolute Gasteiger partial charge is 0.316 e. The normalized spacial score (nSPS) is 10.1. The van der Waals surface area contributed by atoms with Crippen molar-refractivity contribution in [1.29, 1.82) is 0 Å². The Labute approximate surface area is 96.0 Å². The molecule has 0 saturated heterocycles. The highest BCUT2D eigenvalue weighted by atomic mass is 32.2. The number of rotatable bonds is 4. The van der Waals surface area contributed by atoms with Gasteiger partial charge in [-0.15, -0.1) is 0 Å². The lowest BCUT2D eigenvalue weighted by Crippen LogP contribution is -2.13. The van der Waals surface area contributed by atoms with Crippen LogP contribution in [0, 0.1) is 6.92 Å². The molecular weight excluding hydrogens is 232 g/mol. The zero-order valence-corrected chi connectivity index (χ0v) is 9.76. The van der Waals surface area contributed by atoms with E-state index in [0.29, 0.717) is 6.61 Å². The molecule has 7 heteroatoms. The molecule has 0 amide bonds. The molecule has 1 aromatic rings. The molecule has 0 spiro atoms. The number of nitrogens with zero attached hydrogens (tertiary/aromatic N) is 1. The van der Waals surface area contributed by atoms with Crippen molar-refractivity contribution in [2.45, 2.75) is 19.0 Å². The largest absolute Gasteiger partial charge is 0.493 e. The van der Waals surface area contributed by atoms with Gasteiger partial charge in [-0.25, -0.2) is 0 Å². The third-order valence-electron chi connectivity index (χ3n) is 1.74. The molecule has 0 aromatic carbocycles. The Morgan fingerprint density at radius 3 is 2.88 bits per heavy atom. The molecule has 0 atom stereocenters. The van der Waals surface area contributed by atoms with Crippen LogP contribution in [0.4, 0.5) is 0 Å². The van der Waals surface area contributed by atoms with Crippen LogP contribution in [0.5, 0.6) is 5.88 Å². The number of hydrogen-bond donors (Lipinski definition) is 2. The Hall–Kier alpha value is -1.50. The number of hydrogen-bond acceptors (Lipinski definition) is 6. The maximum Gasteiger partial charge on any atom is 0.316 e. The highest BCUT2D eigenvalue weighted by Gasteiger charge is 2.09. The van der Waals surface area contributed by atoms with E-state index in [1.807, 2.05) is 0 Å². The van der Waals surface area contributed by atoms with Gasteiger partial charge in [-0.2, -0.15) is 4.98 Å². The van der Waals surface area contributed by atoms with Crippen molar-refractivity contribution in [2.75, 3.05) is 12.4 Å². The van der Waals surface area contributed by atoms with E-state index in [1.54, 1.807) is 6.92 Å². The Bertz CT molecular complexity index is 444. The molecule has 0 saturated carbocycles. The Kier molecular flexibility index (Phi) is 4.36. The lowest BCUT2D eigenvalue weighted by atomic mass is 10.4. The number of carbonyl (C=O) groups excluding carboxylic acids is 1. The summed E-state index contributed by atoms with van der Waals surface area (Å²) in [6, 6.07) is 0. The fraction of sp³-hybridized carbons (Fsp3) is 0.444. The highest BCUT2D eigenvalue weighted by molar-refractivity contribution is 7.99. The number of nitrogens with one attached hydrogen (secondary N) is 1. The van der Waals surface area contributed by atoms with Gasteiger partial charge in [0.05, 0.1) is 17.9 Å². The summed E-state index contributed by atoms with van der Waals surface area (Å²) in [6.45, 7) is 3.48. The number of thioether (sulfide) groups is 1. The maximum absolute atomic E-state index is 11.2. The Balaban J connectivity index is 2.69. The highest BCUT2D eigenvalue weighted by Crippen LogP contribution is 2.15. The molecule has 0 unspecified atom stereocenters. The molecule has 2 N–H and O–H groups in total. The first kappa shape index (κ1) is 12.6. The van der Waals surface area contributed by atoms with E-state index in [9.17, 15) is 14.7 Å². The number of H-pyrrole nitrogens is 1. The third-order valence-corrected chi connectivity index (χ3v) is 2.58. The van der Waals surface area contributed by atoms with Gasteiger partial charge in [0.2, 0.25) is 5.88 Å². The van der Waals surface area contributed by atoms with Gasteiger partial charge >= 0.3 is 5.97 Å². The zero-order chi connectivity index (χ0) is 12.1. The second-order valence-corrected chi connectivity index (χ2v) is 3.88. The van der Waals surface area contributed by atoms with Crippen LogP contribution in [-0.2, 0) is 9.53 Å².